The average molecular weight is 430 g/mol. The number of hydrogen-bond donors (Lipinski definition) is 2. The predicted octanol–water partition coefficient (Wildman–Crippen LogP) is 2.36. The van der Waals surface area contributed by atoms with Gasteiger partial charge in [-0.15, -0.1) is 0 Å². The molecule has 0 radical (unpaired) electrons. The molecular weight excluding hydrogens is 408 g/mol. The van der Waals surface area contributed by atoms with E-state index in [2.05, 4.69) is 19.5 Å². The summed E-state index contributed by atoms with van der Waals surface area (Å²) in [5.74, 6) is -1.28. The fraction of sp³-hybridized carbons (Fsp3) is 0.143. The molecule has 0 aromatic heterocycles. The van der Waals surface area contributed by atoms with Gasteiger partial charge in [-0.05, 0) is 35.9 Å². The third kappa shape index (κ3) is 6.87. The summed E-state index contributed by atoms with van der Waals surface area (Å²) in [6.45, 7) is 0.181. The number of carbonyl (C=O) groups is 2. The van der Waals surface area contributed by atoms with Gasteiger partial charge >= 0.3 is 11.9 Å². The van der Waals surface area contributed by atoms with Crippen molar-refractivity contribution in [3.63, 3.8) is 0 Å². The molecule has 0 unspecified atom stereocenters. The van der Waals surface area contributed by atoms with Crippen LogP contribution in [0.3, 0.4) is 0 Å². The monoisotopic (exact) mass is 430 g/mol. The zero-order valence-electron chi connectivity index (χ0n) is 16.5. The molecule has 2 N–H and O–H groups in total. The molecule has 0 bridgehead atoms. The highest BCUT2D eigenvalue weighted by Gasteiger charge is 2.13. The SMILES string of the molecule is COC(=O)/C=C/C(=C/Nc1ccc(S(=O)(=O)NCc2ccccc2)cc1)C(=O)OC. The predicted molar refractivity (Wildman–Crippen MR) is 112 cm³/mol. The van der Waals surface area contributed by atoms with Crippen LogP contribution in [-0.4, -0.2) is 34.6 Å². The Morgan fingerprint density at radius 2 is 1.60 bits per heavy atom. The van der Waals surface area contributed by atoms with Crippen molar-refractivity contribution in [1.29, 1.82) is 0 Å². The maximum atomic E-state index is 12.4. The number of benzene rings is 2. The number of esters is 2. The molecule has 0 spiro atoms. The fourth-order valence-electron chi connectivity index (χ4n) is 2.27. The molecule has 158 valence electrons. The lowest BCUT2D eigenvalue weighted by atomic mass is 10.2. The van der Waals surface area contributed by atoms with Gasteiger partial charge in [-0.1, -0.05) is 30.3 Å². The second-order valence-electron chi connectivity index (χ2n) is 5.93. The summed E-state index contributed by atoms with van der Waals surface area (Å²) >= 11 is 0. The lowest BCUT2D eigenvalue weighted by molar-refractivity contribution is -0.135. The van der Waals surface area contributed by atoms with Crippen molar-refractivity contribution in [3.05, 3.63) is 84.1 Å². The standard InChI is InChI=1S/C21H22N2O6S/c1-28-20(24)13-8-17(21(25)29-2)15-22-18-9-11-19(12-10-18)30(26,27)23-14-16-6-4-3-5-7-16/h3-13,15,22-23H,14H2,1-2H3/b13-8+,17-15-. The largest absolute Gasteiger partial charge is 0.466 e. The number of methoxy groups -OCH3 is 2. The van der Waals surface area contributed by atoms with Crippen molar-refractivity contribution >= 4 is 27.6 Å². The zero-order chi connectivity index (χ0) is 22.0. The van der Waals surface area contributed by atoms with Gasteiger partial charge in [0.1, 0.15) is 0 Å². The lowest BCUT2D eigenvalue weighted by Gasteiger charge is -2.08. The first-order valence-corrected chi connectivity index (χ1v) is 10.3. The molecule has 0 aliphatic rings. The Kier molecular flexibility index (Phi) is 8.33. The van der Waals surface area contributed by atoms with Gasteiger partial charge in [0.15, 0.2) is 0 Å². The Balaban J connectivity index is 2.08. The van der Waals surface area contributed by atoms with E-state index in [1.807, 2.05) is 30.3 Å². The van der Waals surface area contributed by atoms with Crippen LogP contribution in [0.5, 0.6) is 0 Å². The number of carbonyl (C=O) groups excluding carboxylic acids is 2. The molecule has 30 heavy (non-hydrogen) atoms. The van der Waals surface area contributed by atoms with Crippen LogP contribution in [-0.2, 0) is 35.6 Å². The van der Waals surface area contributed by atoms with Crippen molar-refractivity contribution in [3.8, 4) is 0 Å². The van der Waals surface area contributed by atoms with Crippen molar-refractivity contribution < 1.29 is 27.5 Å². The Morgan fingerprint density at radius 1 is 0.933 bits per heavy atom. The van der Waals surface area contributed by atoms with Crippen molar-refractivity contribution in [2.24, 2.45) is 0 Å². The summed E-state index contributed by atoms with van der Waals surface area (Å²) in [7, 11) is -1.24. The van der Waals surface area contributed by atoms with Crippen molar-refractivity contribution in [2.45, 2.75) is 11.4 Å². The molecule has 9 heteroatoms. The number of nitrogens with one attached hydrogen (secondary N) is 2. The highest BCUT2D eigenvalue weighted by molar-refractivity contribution is 7.89. The summed E-state index contributed by atoms with van der Waals surface area (Å²) in [5, 5.41) is 2.86. The summed E-state index contributed by atoms with van der Waals surface area (Å²) < 4.78 is 36.5. The third-order valence-electron chi connectivity index (χ3n) is 3.89. The van der Waals surface area contributed by atoms with Crippen LogP contribution in [0.1, 0.15) is 5.56 Å². The first kappa shape index (κ1) is 22.9. The van der Waals surface area contributed by atoms with Crippen LogP contribution >= 0.6 is 0 Å². The molecule has 2 aromatic carbocycles. The minimum atomic E-state index is -3.67. The van der Waals surface area contributed by atoms with Gasteiger partial charge in [-0.2, -0.15) is 0 Å². The molecule has 0 aliphatic carbocycles. The van der Waals surface area contributed by atoms with E-state index in [0.29, 0.717) is 5.69 Å². The molecule has 0 saturated carbocycles. The fourth-order valence-corrected chi connectivity index (χ4v) is 3.29. The van der Waals surface area contributed by atoms with Gasteiger partial charge in [-0.25, -0.2) is 22.7 Å². The van der Waals surface area contributed by atoms with Crippen LogP contribution < -0.4 is 10.0 Å². The summed E-state index contributed by atoms with van der Waals surface area (Å²) in [6, 6.07) is 15.1. The zero-order valence-corrected chi connectivity index (χ0v) is 17.3. The maximum Gasteiger partial charge on any atom is 0.339 e. The van der Waals surface area contributed by atoms with Crippen LogP contribution in [0.2, 0.25) is 0 Å². The van der Waals surface area contributed by atoms with E-state index in [9.17, 15) is 18.0 Å². The van der Waals surface area contributed by atoms with E-state index in [0.717, 1.165) is 11.6 Å². The normalized spacial score (nSPS) is 11.9. The molecule has 0 atom stereocenters. The Morgan fingerprint density at radius 3 is 2.20 bits per heavy atom. The number of ether oxygens (including phenoxy) is 2. The number of rotatable bonds is 9. The van der Waals surface area contributed by atoms with Crippen LogP contribution in [0.4, 0.5) is 5.69 Å². The quantitative estimate of drug-likeness (QED) is 0.357. The van der Waals surface area contributed by atoms with E-state index in [1.54, 1.807) is 12.1 Å². The van der Waals surface area contributed by atoms with Crippen LogP contribution in [0.15, 0.2) is 83.4 Å². The summed E-state index contributed by atoms with van der Waals surface area (Å²) in [5.41, 5.74) is 1.45. The molecule has 8 nitrogen and oxygen atoms in total. The van der Waals surface area contributed by atoms with Crippen molar-refractivity contribution in [1.82, 2.24) is 4.72 Å². The van der Waals surface area contributed by atoms with Crippen LogP contribution in [0, 0.1) is 0 Å². The number of hydrogen-bond acceptors (Lipinski definition) is 7. The second kappa shape index (κ2) is 10.9. The smallest absolute Gasteiger partial charge is 0.339 e. The van der Waals surface area contributed by atoms with Gasteiger partial charge < -0.3 is 14.8 Å². The number of anilines is 1. The van der Waals surface area contributed by atoms with Gasteiger partial charge in [0, 0.05) is 24.5 Å². The summed E-state index contributed by atoms with van der Waals surface area (Å²) in [4.78, 5) is 23.1. The molecule has 0 amide bonds. The first-order valence-electron chi connectivity index (χ1n) is 8.80. The molecule has 0 heterocycles. The summed E-state index contributed by atoms with van der Waals surface area (Å²) in [6.07, 6.45) is 3.66. The second-order valence-corrected chi connectivity index (χ2v) is 7.69. The van der Waals surface area contributed by atoms with Gasteiger partial charge in [0.05, 0.1) is 24.7 Å². The Hall–Kier alpha value is -3.43. The Labute approximate surface area is 175 Å². The maximum absolute atomic E-state index is 12.4. The number of sulfonamides is 1. The van der Waals surface area contributed by atoms with Gasteiger partial charge in [0.2, 0.25) is 10.0 Å². The lowest BCUT2D eigenvalue weighted by Crippen LogP contribution is -2.23. The topological polar surface area (TPSA) is 111 Å². The van der Waals surface area contributed by atoms with Crippen molar-refractivity contribution in [2.75, 3.05) is 19.5 Å². The first-order chi connectivity index (χ1) is 14.4. The molecule has 2 aromatic rings. The van der Waals surface area contributed by atoms with E-state index >= 15 is 0 Å². The highest BCUT2D eigenvalue weighted by atomic mass is 32.2. The van der Waals surface area contributed by atoms with Gasteiger partial charge in [-0.3, -0.25) is 0 Å². The van der Waals surface area contributed by atoms with E-state index < -0.39 is 22.0 Å². The molecular formula is C21H22N2O6S. The minimum absolute atomic E-state index is 0.0733. The average Bonchev–Trinajstić information content (AvgIpc) is 2.78. The molecule has 2 rings (SSSR count). The third-order valence-corrected chi connectivity index (χ3v) is 5.31. The van der Waals surface area contributed by atoms with E-state index in [4.69, 9.17) is 0 Å². The molecule has 0 fully saturated rings. The van der Waals surface area contributed by atoms with E-state index in [-0.39, 0.29) is 17.0 Å². The highest BCUT2D eigenvalue weighted by Crippen LogP contribution is 2.15. The minimum Gasteiger partial charge on any atom is -0.466 e. The van der Waals surface area contributed by atoms with Crippen LogP contribution in [0.25, 0.3) is 0 Å². The molecule has 0 aliphatic heterocycles. The van der Waals surface area contributed by atoms with E-state index in [1.165, 1.54) is 38.6 Å². The Bertz CT molecular complexity index is 1030. The van der Waals surface area contributed by atoms with Gasteiger partial charge in [0.25, 0.3) is 0 Å². The molecule has 0 saturated heterocycles.